The second kappa shape index (κ2) is 11.9. The molecule has 0 heterocycles. The molecule has 2 aromatic rings. The van der Waals surface area contributed by atoms with Gasteiger partial charge in [0.15, 0.2) is 6.61 Å². The molecule has 6 nitrogen and oxygen atoms in total. The van der Waals surface area contributed by atoms with Crippen molar-refractivity contribution in [2.45, 2.75) is 37.8 Å². The van der Waals surface area contributed by atoms with Gasteiger partial charge in [-0.25, -0.2) is 5.43 Å². The molecule has 29 heavy (non-hydrogen) atoms. The van der Waals surface area contributed by atoms with E-state index in [1.165, 1.54) is 5.56 Å². The van der Waals surface area contributed by atoms with Crippen molar-refractivity contribution in [3.63, 3.8) is 0 Å². The van der Waals surface area contributed by atoms with E-state index in [4.69, 9.17) is 4.74 Å². The molecule has 0 aliphatic rings. The molecule has 0 radical (unpaired) electrons. The molecular formula is C22H27N3O3S. The quantitative estimate of drug-likeness (QED) is 0.462. The van der Waals surface area contributed by atoms with Crippen molar-refractivity contribution in [2.75, 3.05) is 6.61 Å². The van der Waals surface area contributed by atoms with E-state index in [1.807, 2.05) is 51.1 Å². The summed E-state index contributed by atoms with van der Waals surface area (Å²) >= 11 is 1.56. The number of hydrazone groups is 1. The van der Waals surface area contributed by atoms with Gasteiger partial charge in [-0.15, -0.1) is 11.8 Å². The van der Waals surface area contributed by atoms with E-state index in [1.54, 1.807) is 42.2 Å². The Morgan fingerprint density at radius 3 is 2.41 bits per heavy atom. The smallest absolute Gasteiger partial charge is 0.258 e. The van der Waals surface area contributed by atoms with Crippen molar-refractivity contribution in [3.8, 4) is 5.75 Å². The lowest BCUT2D eigenvalue weighted by atomic mass is 10.2. The van der Waals surface area contributed by atoms with E-state index in [2.05, 4.69) is 15.8 Å². The Morgan fingerprint density at radius 2 is 1.76 bits per heavy atom. The van der Waals surface area contributed by atoms with Gasteiger partial charge in [-0.1, -0.05) is 30.3 Å². The van der Waals surface area contributed by atoms with Gasteiger partial charge < -0.3 is 10.1 Å². The zero-order valence-electron chi connectivity index (χ0n) is 16.9. The van der Waals surface area contributed by atoms with Crippen LogP contribution in [0.25, 0.3) is 0 Å². The second-order valence-corrected chi connectivity index (χ2v) is 8.08. The maximum absolute atomic E-state index is 12.1. The number of amides is 2. The van der Waals surface area contributed by atoms with E-state index in [0.717, 1.165) is 11.3 Å². The summed E-state index contributed by atoms with van der Waals surface area (Å²) in [6.07, 6.45) is 1.57. The number of nitrogens with zero attached hydrogens (tertiary/aromatic N) is 1. The van der Waals surface area contributed by atoms with Gasteiger partial charge >= 0.3 is 0 Å². The Morgan fingerprint density at radius 1 is 1.07 bits per heavy atom. The maximum atomic E-state index is 12.1. The Labute approximate surface area is 176 Å². The number of hydrogen-bond acceptors (Lipinski definition) is 5. The Balaban J connectivity index is 1.73. The zero-order chi connectivity index (χ0) is 21.1. The van der Waals surface area contributed by atoms with Crippen molar-refractivity contribution >= 4 is 29.8 Å². The monoisotopic (exact) mass is 413 g/mol. The normalized spacial score (nSPS) is 12.0. The number of carbonyl (C=O) groups excluding carboxylic acids is 2. The molecule has 0 aromatic heterocycles. The van der Waals surface area contributed by atoms with E-state index in [9.17, 15) is 9.59 Å². The number of nitrogens with one attached hydrogen (secondary N) is 2. The summed E-state index contributed by atoms with van der Waals surface area (Å²) in [6, 6.07) is 17.2. The van der Waals surface area contributed by atoms with Gasteiger partial charge in [0.25, 0.3) is 11.8 Å². The van der Waals surface area contributed by atoms with Crippen LogP contribution in [-0.2, 0) is 15.3 Å². The number of hydrogen-bond donors (Lipinski definition) is 2. The van der Waals surface area contributed by atoms with E-state index >= 15 is 0 Å². The SMILES string of the molecule is CC(C)NC(=O)COc1ccc(/C=N\NC(=O)[C@@H](C)SCc2ccccc2)cc1. The molecule has 0 bridgehead atoms. The molecule has 2 N–H and O–H groups in total. The minimum Gasteiger partial charge on any atom is -0.484 e. The van der Waals surface area contributed by atoms with Crippen molar-refractivity contribution in [2.24, 2.45) is 5.10 Å². The Kier molecular flexibility index (Phi) is 9.24. The highest BCUT2D eigenvalue weighted by molar-refractivity contribution is 7.99. The minimum atomic E-state index is -0.208. The summed E-state index contributed by atoms with van der Waals surface area (Å²) in [5, 5.41) is 6.57. The fraction of sp³-hybridized carbons (Fsp3) is 0.318. The first-order chi connectivity index (χ1) is 13.9. The molecule has 0 saturated heterocycles. The highest BCUT2D eigenvalue weighted by Crippen LogP contribution is 2.17. The number of carbonyl (C=O) groups is 2. The lowest BCUT2D eigenvalue weighted by molar-refractivity contribution is -0.123. The number of rotatable bonds is 10. The molecule has 1 atom stereocenters. The second-order valence-electron chi connectivity index (χ2n) is 6.75. The Bertz CT molecular complexity index is 808. The summed E-state index contributed by atoms with van der Waals surface area (Å²) in [5.74, 6) is 1.07. The molecule has 0 unspecified atom stereocenters. The molecule has 2 amide bonds. The average Bonchev–Trinajstić information content (AvgIpc) is 2.71. The summed E-state index contributed by atoms with van der Waals surface area (Å²) in [7, 11) is 0. The predicted molar refractivity (Wildman–Crippen MR) is 118 cm³/mol. The standard InChI is InChI=1S/C22H27N3O3S/c1-16(2)24-21(26)14-28-20-11-9-18(10-12-20)13-23-25-22(27)17(3)29-15-19-7-5-4-6-8-19/h4-13,16-17H,14-15H2,1-3H3,(H,24,26)(H,25,27)/b23-13-/t17-/m1/s1. The van der Waals surface area contributed by atoms with Crippen molar-refractivity contribution in [3.05, 3.63) is 65.7 Å². The van der Waals surface area contributed by atoms with Gasteiger partial charge in [-0.05, 0) is 56.2 Å². The van der Waals surface area contributed by atoms with Crippen LogP contribution in [0.2, 0.25) is 0 Å². The van der Waals surface area contributed by atoms with Crippen molar-refractivity contribution in [1.82, 2.24) is 10.7 Å². The fourth-order valence-electron chi connectivity index (χ4n) is 2.30. The molecular weight excluding hydrogens is 386 g/mol. The molecule has 2 rings (SSSR count). The summed E-state index contributed by atoms with van der Waals surface area (Å²) < 4.78 is 5.43. The van der Waals surface area contributed by atoms with Gasteiger partial charge in [0.2, 0.25) is 0 Å². The predicted octanol–water partition coefficient (Wildman–Crippen LogP) is 3.36. The maximum Gasteiger partial charge on any atom is 0.258 e. The minimum absolute atomic E-state index is 0.0276. The van der Waals surface area contributed by atoms with Crippen LogP contribution in [0, 0.1) is 0 Å². The highest BCUT2D eigenvalue weighted by Gasteiger charge is 2.12. The molecule has 0 fully saturated rings. The van der Waals surface area contributed by atoms with Gasteiger partial charge in [0.1, 0.15) is 5.75 Å². The van der Waals surface area contributed by atoms with Crippen molar-refractivity contribution in [1.29, 1.82) is 0 Å². The lowest BCUT2D eigenvalue weighted by Crippen LogP contribution is -2.34. The highest BCUT2D eigenvalue weighted by atomic mass is 32.2. The third-order valence-corrected chi connectivity index (χ3v) is 5.01. The average molecular weight is 414 g/mol. The first kappa shape index (κ1) is 22.5. The van der Waals surface area contributed by atoms with Crippen LogP contribution < -0.4 is 15.5 Å². The number of ether oxygens (including phenoxy) is 1. The van der Waals surface area contributed by atoms with Crippen LogP contribution in [0.4, 0.5) is 0 Å². The molecule has 0 aliphatic heterocycles. The summed E-state index contributed by atoms with van der Waals surface area (Å²) in [6.45, 7) is 5.63. The third kappa shape index (κ3) is 8.83. The Hall–Kier alpha value is -2.80. The van der Waals surface area contributed by atoms with Gasteiger partial charge in [0, 0.05) is 11.8 Å². The molecule has 0 saturated carbocycles. The van der Waals surface area contributed by atoms with Crippen LogP contribution in [0.3, 0.4) is 0 Å². The largest absolute Gasteiger partial charge is 0.484 e. The van der Waals surface area contributed by atoms with E-state index in [-0.39, 0.29) is 29.7 Å². The van der Waals surface area contributed by atoms with Crippen LogP contribution in [-0.4, -0.2) is 35.9 Å². The summed E-state index contributed by atoms with van der Waals surface area (Å²) in [5.41, 5.74) is 4.56. The lowest BCUT2D eigenvalue weighted by Gasteiger charge is -2.10. The van der Waals surface area contributed by atoms with Crippen LogP contribution >= 0.6 is 11.8 Å². The van der Waals surface area contributed by atoms with Gasteiger partial charge in [-0.2, -0.15) is 5.10 Å². The third-order valence-electron chi connectivity index (χ3n) is 3.80. The topological polar surface area (TPSA) is 79.8 Å². The van der Waals surface area contributed by atoms with Crippen LogP contribution in [0.5, 0.6) is 5.75 Å². The van der Waals surface area contributed by atoms with Crippen LogP contribution in [0.1, 0.15) is 31.9 Å². The van der Waals surface area contributed by atoms with Crippen molar-refractivity contribution < 1.29 is 14.3 Å². The van der Waals surface area contributed by atoms with E-state index in [0.29, 0.717) is 5.75 Å². The van der Waals surface area contributed by atoms with Gasteiger partial charge in [0.05, 0.1) is 11.5 Å². The molecule has 7 heteroatoms. The van der Waals surface area contributed by atoms with E-state index < -0.39 is 0 Å². The first-order valence-corrected chi connectivity index (χ1v) is 10.5. The zero-order valence-corrected chi connectivity index (χ0v) is 17.7. The van der Waals surface area contributed by atoms with Crippen LogP contribution in [0.15, 0.2) is 59.7 Å². The molecule has 154 valence electrons. The summed E-state index contributed by atoms with van der Waals surface area (Å²) in [4.78, 5) is 23.7. The number of thioether (sulfide) groups is 1. The fourth-order valence-corrected chi connectivity index (χ4v) is 3.13. The first-order valence-electron chi connectivity index (χ1n) is 9.44. The molecule has 0 spiro atoms. The number of benzene rings is 2. The molecule has 2 aromatic carbocycles. The molecule has 0 aliphatic carbocycles. The van der Waals surface area contributed by atoms with Gasteiger partial charge in [-0.3, -0.25) is 9.59 Å².